The van der Waals surface area contributed by atoms with Gasteiger partial charge in [-0.3, -0.25) is 0 Å². The summed E-state index contributed by atoms with van der Waals surface area (Å²) >= 11 is 0. The van der Waals surface area contributed by atoms with E-state index in [1.165, 1.54) is 49.7 Å². The van der Waals surface area contributed by atoms with E-state index in [4.69, 9.17) is 0 Å². The molecule has 1 aromatic rings. The van der Waals surface area contributed by atoms with Crippen LogP contribution in [-0.2, 0) is 13.0 Å². The molecule has 2 rings (SSSR count). The summed E-state index contributed by atoms with van der Waals surface area (Å²) in [4.78, 5) is 0. The fourth-order valence-corrected chi connectivity index (χ4v) is 2.77. The predicted octanol–water partition coefficient (Wildman–Crippen LogP) is 4.43. The van der Waals surface area contributed by atoms with Crippen molar-refractivity contribution in [2.24, 2.45) is 5.92 Å². The minimum absolute atomic E-state index is 0.888. The second-order valence-corrected chi connectivity index (χ2v) is 5.66. The van der Waals surface area contributed by atoms with Crippen molar-refractivity contribution in [3.05, 3.63) is 47.7 Å². The largest absolute Gasteiger partial charge is 0.385 e. The number of rotatable bonds is 5. The molecule has 0 saturated heterocycles. The summed E-state index contributed by atoms with van der Waals surface area (Å²) in [6.07, 6.45) is 8.45. The van der Waals surface area contributed by atoms with Crippen molar-refractivity contribution in [3.63, 3.8) is 0 Å². The molecule has 1 aliphatic carbocycles. The standard InChI is InChI=1S/C17H25N/c1-14(2)18-13-17-10-8-16(9-11-17)12-15-6-4-3-5-7-15/h8-11,15,18H,1,3-7,12-13H2,2H3. The van der Waals surface area contributed by atoms with Gasteiger partial charge in [0.15, 0.2) is 0 Å². The Bertz CT molecular complexity index is 371. The first kappa shape index (κ1) is 13.2. The van der Waals surface area contributed by atoms with Gasteiger partial charge in [-0.05, 0) is 30.4 Å². The molecule has 1 fully saturated rings. The van der Waals surface area contributed by atoms with Gasteiger partial charge in [0.1, 0.15) is 0 Å². The van der Waals surface area contributed by atoms with Crippen LogP contribution in [0.2, 0.25) is 0 Å². The van der Waals surface area contributed by atoms with Gasteiger partial charge in [0.05, 0.1) is 0 Å². The summed E-state index contributed by atoms with van der Waals surface area (Å²) < 4.78 is 0. The highest BCUT2D eigenvalue weighted by atomic mass is 14.9. The zero-order valence-electron chi connectivity index (χ0n) is 11.5. The van der Waals surface area contributed by atoms with Crippen molar-refractivity contribution in [1.29, 1.82) is 0 Å². The molecule has 18 heavy (non-hydrogen) atoms. The molecule has 1 N–H and O–H groups in total. The molecule has 1 aromatic carbocycles. The van der Waals surface area contributed by atoms with Crippen LogP contribution in [0.5, 0.6) is 0 Å². The van der Waals surface area contributed by atoms with E-state index in [0.29, 0.717) is 0 Å². The molecule has 0 amide bonds. The van der Waals surface area contributed by atoms with Crippen LogP contribution in [0.15, 0.2) is 36.5 Å². The van der Waals surface area contributed by atoms with Crippen LogP contribution >= 0.6 is 0 Å². The molecule has 1 saturated carbocycles. The lowest BCUT2D eigenvalue weighted by Crippen LogP contribution is -2.10. The Morgan fingerprint density at radius 3 is 2.33 bits per heavy atom. The second kappa shape index (κ2) is 6.63. The van der Waals surface area contributed by atoms with Gasteiger partial charge in [-0.1, -0.05) is 62.9 Å². The minimum Gasteiger partial charge on any atom is -0.385 e. The molecule has 1 heteroatoms. The average Bonchev–Trinajstić information content (AvgIpc) is 2.39. The Morgan fingerprint density at radius 2 is 1.72 bits per heavy atom. The van der Waals surface area contributed by atoms with Crippen LogP contribution < -0.4 is 5.32 Å². The molecule has 0 heterocycles. The number of allylic oxidation sites excluding steroid dienone is 1. The molecule has 1 aliphatic rings. The van der Waals surface area contributed by atoms with Gasteiger partial charge in [-0.15, -0.1) is 0 Å². The molecular formula is C17H25N. The quantitative estimate of drug-likeness (QED) is 0.806. The van der Waals surface area contributed by atoms with Gasteiger partial charge in [-0.2, -0.15) is 0 Å². The highest BCUT2D eigenvalue weighted by molar-refractivity contribution is 5.23. The second-order valence-electron chi connectivity index (χ2n) is 5.66. The van der Waals surface area contributed by atoms with Gasteiger partial charge in [0.2, 0.25) is 0 Å². The Kier molecular flexibility index (Phi) is 4.86. The van der Waals surface area contributed by atoms with Crippen molar-refractivity contribution < 1.29 is 0 Å². The first-order valence-electron chi connectivity index (χ1n) is 7.21. The minimum atomic E-state index is 0.888. The monoisotopic (exact) mass is 243 g/mol. The van der Waals surface area contributed by atoms with Crippen molar-refractivity contribution in [1.82, 2.24) is 5.32 Å². The first-order chi connectivity index (χ1) is 8.74. The van der Waals surface area contributed by atoms with Crippen LogP contribution in [0.25, 0.3) is 0 Å². The summed E-state index contributed by atoms with van der Waals surface area (Å²) in [6.45, 7) is 6.74. The van der Waals surface area contributed by atoms with E-state index in [2.05, 4.69) is 36.2 Å². The zero-order valence-corrected chi connectivity index (χ0v) is 11.5. The van der Waals surface area contributed by atoms with Gasteiger partial charge < -0.3 is 5.32 Å². The van der Waals surface area contributed by atoms with Crippen LogP contribution in [0, 0.1) is 5.92 Å². The van der Waals surface area contributed by atoms with E-state index >= 15 is 0 Å². The number of nitrogens with one attached hydrogen (secondary N) is 1. The SMILES string of the molecule is C=C(C)NCc1ccc(CC2CCCCC2)cc1. The molecule has 0 radical (unpaired) electrons. The fourth-order valence-electron chi connectivity index (χ4n) is 2.77. The molecule has 98 valence electrons. The Labute approximate surface area is 111 Å². The van der Waals surface area contributed by atoms with Crippen LogP contribution in [0.4, 0.5) is 0 Å². The van der Waals surface area contributed by atoms with Crippen molar-refractivity contribution >= 4 is 0 Å². The Morgan fingerprint density at radius 1 is 1.11 bits per heavy atom. The van der Waals surface area contributed by atoms with Gasteiger partial charge in [0.25, 0.3) is 0 Å². The summed E-state index contributed by atoms with van der Waals surface area (Å²) in [5.74, 6) is 0.929. The van der Waals surface area contributed by atoms with E-state index in [9.17, 15) is 0 Å². The lowest BCUT2D eigenvalue weighted by molar-refractivity contribution is 0.356. The third-order valence-corrected chi connectivity index (χ3v) is 3.87. The van der Waals surface area contributed by atoms with Crippen LogP contribution in [0.3, 0.4) is 0 Å². The molecule has 0 bridgehead atoms. The Hall–Kier alpha value is -1.24. The van der Waals surface area contributed by atoms with Crippen LogP contribution in [-0.4, -0.2) is 0 Å². The molecule has 1 nitrogen and oxygen atoms in total. The van der Waals surface area contributed by atoms with Crippen molar-refractivity contribution in [2.75, 3.05) is 0 Å². The van der Waals surface area contributed by atoms with E-state index < -0.39 is 0 Å². The van der Waals surface area contributed by atoms with E-state index in [-0.39, 0.29) is 0 Å². The molecule has 0 unspecified atom stereocenters. The van der Waals surface area contributed by atoms with E-state index in [0.717, 1.165) is 18.2 Å². The number of hydrogen-bond acceptors (Lipinski definition) is 1. The maximum atomic E-state index is 3.85. The molecule has 0 atom stereocenters. The summed E-state index contributed by atoms with van der Waals surface area (Å²) in [5.41, 5.74) is 3.87. The third-order valence-electron chi connectivity index (χ3n) is 3.87. The molecule has 0 aromatic heterocycles. The summed E-state index contributed by atoms with van der Waals surface area (Å²) in [5, 5.41) is 3.27. The first-order valence-corrected chi connectivity index (χ1v) is 7.21. The lowest BCUT2D eigenvalue weighted by Gasteiger charge is -2.21. The zero-order chi connectivity index (χ0) is 12.8. The number of hydrogen-bond donors (Lipinski definition) is 1. The molecular weight excluding hydrogens is 218 g/mol. The summed E-state index contributed by atoms with van der Waals surface area (Å²) in [7, 11) is 0. The predicted molar refractivity (Wildman–Crippen MR) is 78.4 cm³/mol. The molecule has 0 aliphatic heterocycles. The summed E-state index contributed by atoms with van der Waals surface area (Å²) in [6, 6.07) is 9.08. The average molecular weight is 243 g/mol. The maximum absolute atomic E-state index is 3.85. The van der Waals surface area contributed by atoms with Crippen molar-refractivity contribution in [2.45, 2.75) is 52.0 Å². The van der Waals surface area contributed by atoms with E-state index in [1.54, 1.807) is 0 Å². The van der Waals surface area contributed by atoms with Gasteiger partial charge in [-0.25, -0.2) is 0 Å². The molecule has 0 spiro atoms. The topological polar surface area (TPSA) is 12.0 Å². The smallest absolute Gasteiger partial charge is 0.0397 e. The van der Waals surface area contributed by atoms with E-state index in [1.807, 2.05) is 6.92 Å². The normalized spacial score (nSPS) is 16.5. The maximum Gasteiger partial charge on any atom is 0.0397 e. The lowest BCUT2D eigenvalue weighted by atomic mass is 9.85. The third kappa shape index (κ3) is 4.21. The Balaban J connectivity index is 1.84. The van der Waals surface area contributed by atoms with Gasteiger partial charge in [0, 0.05) is 12.2 Å². The van der Waals surface area contributed by atoms with Crippen molar-refractivity contribution in [3.8, 4) is 0 Å². The number of benzene rings is 1. The fraction of sp³-hybridized carbons (Fsp3) is 0.529. The highest BCUT2D eigenvalue weighted by Gasteiger charge is 2.13. The highest BCUT2D eigenvalue weighted by Crippen LogP contribution is 2.26. The van der Waals surface area contributed by atoms with Gasteiger partial charge >= 0.3 is 0 Å². The van der Waals surface area contributed by atoms with Crippen LogP contribution in [0.1, 0.15) is 50.2 Å².